The number of nitrogens with one attached hydrogen (secondary N) is 1. The lowest BCUT2D eigenvalue weighted by Crippen LogP contribution is -1.83. The molecule has 2 rings (SSSR count). The molecule has 5 heteroatoms. The summed E-state index contributed by atoms with van der Waals surface area (Å²) in [5.41, 5.74) is 1.49. The summed E-state index contributed by atoms with van der Waals surface area (Å²) in [5.74, 6) is 0.637. The Balaban J connectivity index is 2.40. The lowest BCUT2D eigenvalue weighted by atomic mass is 10.3. The first-order valence-electron chi connectivity index (χ1n) is 4.33. The minimum atomic E-state index is 0.228. The van der Waals surface area contributed by atoms with Gasteiger partial charge in [0.25, 0.3) is 0 Å². The van der Waals surface area contributed by atoms with E-state index in [1.807, 2.05) is 18.2 Å². The van der Waals surface area contributed by atoms with Crippen LogP contribution in [-0.4, -0.2) is 15.0 Å². The van der Waals surface area contributed by atoms with E-state index in [-0.39, 0.29) is 6.42 Å². The van der Waals surface area contributed by atoms with Crippen molar-refractivity contribution in [2.24, 2.45) is 0 Å². The number of pyridine rings is 1. The van der Waals surface area contributed by atoms with Crippen molar-refractivity contribution < 1.29 is 0 Å². The third-order valence-corrected chi connectivity index (χ3v) is 2.23. The Morgan fingerprint density at radius 3 is 3.07 bits per heavy atom. The summed E-state index contributed by atoms with van der Waals surface area (Å²) in [6.45, 7) is 0. The zero-order chi connectivity index (χ0) is 10.7. The highest BCUT2D eigenvalue weighted by Crippen LogP contribution is 2.20. The highest BCUT2D eigenvalue weighted by Gasteiger charge is 2.08. The zero-order valence-corrected chi connectivity index (χ0v) is 8.49. The molecule has 0 unspecified atom stereocenters. The molecule has 2 heterocycles. The van der Waals surface area contributed by atoms with Gasteiger partial charge in [0.15, 0.2) is 5.15 Å². The van der Waals surface area contributed by atoms with Crippen molar-refractivity contribution in [2.45, 2.75) is 6.42 Å². The van der Waals surface area contributed by atoms with Crippen LogP contribution in [0.2, 0.25) is 5.15 Å². The number of halogens is 1. The summed E-state index contributed by atoms with van der Waals surface area (Å²) >= 11 is 5.86. The maximum absolute atomic E-state index is 8.56. The maximum Gasteiger partial charge on any atom is 0.151 e. The van der Waals surface area contributed by atoms with E-state index in [1.165, 1.54) is 0 Å². The number of hydrogen-bond donors (Lipinski definition) is 1. The standard InChI is InChI=1S/C10H7ClN4/c11-9-8(3-4-12)14-10(15-9)7-2-1-5-13-6-7/h1-2,5-6H,3H2,(H,14,15). The molecule has 0 aliphatic heterocycles. The fourth-order valence-electron chi connectivity index (χ4n) is 1.22. The van der Waals surface area contributed by atoms with Gasteiger partial charge in [0.2, 0.25) is 0 Å². The SMILES string of the molecule is N#CCc1[nH]c(-c2cccnc2)nc1Cl. The smallest absolute Gasteiger partial charge is 0.151 e. The molecule has 0 saturated heterocycles. The first-order chi connectivity index (χ1) is 7.31. The molecule has 74 valence electrons. The van der Waals surface area contributed by atoms with Gasteiger partial charge in [-0.3, -0.25) is 4.98 Å². The van der Waals surface area contributed by atoms with Gasteiger partial charge in [-0.15, -0.1) is 0 Å². The molecule has 2 aromatic heterocycles. The number of hydrogen-bond acceptors (Lipinski definition) is 3. The molecule has 0 spiro atoms. The largest absolute Gasteiger partial charge is 0.340 e. The van der Waals surface area contributed by atoms with E-state index in [0.717, 1.165) is 5.56 Å². The second-order valence-corrected chi connectivity index (χ2v) is 3.29. The van der Waals surface area contributed by atoms with Crippen LogP contribution in [0.15, 0.2) is 24.5 Å². The highest BCUT2D eigenvalue weighted by atomic mass is 35.5. The van der Waals surface area contributed by atoms with Gasteiger partial charge < -0.3 is 4.98 Å². The van der Waals surface area contributed by atoms with Gasteiger partial charge in [-0.25, -0.2) is 4.98 Å². The molecule has 0 aromatic carbocycles. The second-order valence-electron chi connectivity index (χ2n) is 2.93. The minimum absolute atomic E-state index is 0.228. The summed E-state index contributed by atoms with van der Waals surface area (Å²) < 4.78 is 0. The molecule has 15 heavy (non-hydrogen) atoms. The Hall–Kier alpha value is -1.86. The van der Waals surface area contributed by atoms with Crippen molar-refractivity contribution in [2.75, 3.05) is 0 Å². The third-order valence-electron chi connectivity index (χ3n) is 1.92. The maximum atomic E-state index is 8.56. The summed E-state index contributed by atoms with van der Waals surface area (Å²) in [6.07, 6.45) is 3.60. The van der Waals surface area contributed by atoms with Crippen LogP contribution in [0.5, 0.6) is 0 Å². The van der Waals surface area contributed by atoms with Crippen LogP contribution in [0.4, 0.5) is 0 Å². The zero-order valence-electron chi connectivity index (χ0n) is 7.74. The van der Waals surface area contributed by atoms with Gasteiger partial charge in [0.05, 0.1) is 18.2 Å². The summed E-state index contributed by atoms with van der Waals surface area (Å²) in [4.78, 5) is 11.1. The van der Waals surface area contributed by atoms with Crippen LogP contribution in [0, 0.1) is 11.3 Å². The van der Waals surface area contributed by atoms with Gasteiger partial charge in [0, 0.05) is 18.0 Å². The summed E-state index contributed by atoms with van der Waals surface area (Å²) in [5, 5.41) is 8.90. The van der Waals surface area contributed by atoms with E-state index in [1.54, 1.807) is 12.4 Å². The molecule has 2 aromatic rings. The Kier molecular flexibility index (Phi) is 2.66. The molecular weight excluding hydrogens is 212 g/mol. The quantitative estimate of drug-likeness (QED) is 0.840. The number of rotatable bonds is 2. The van der Waals surface area contributed by atoms with Crippen LogP contribution in [0.3, 0.4) is 0 Å². The summed E-state index contributed by atoms with van der Waals surface area (Å²) in [6, 6.07) is 5.71. The lowest BCUT2D eigenvalue weighted by Gasteiger charge is -1.93. The molecule has 0 fully saturated rings. The molecule has 0 aliphatic rings. The third kappa shape index (κ3) is 1.97. The number of nitriles is 1. The van der Waals surface area contributed by atoms with E-state index < -0.39 is 0 Å². The Bertz CT molecular complexity index is 498. The molecule has 4 nitrogen and oxygen atoms in total. The molecular formula is C10H7ClN4. The molecule has 0 radical (unpaired) electrons. The average Bonchev–Trinajstić information content (AvgIpc) is 2.63. The van der Waals surface area contributed by atoms with E-state index >= 15 is 0 Å². The van der Waals surface area contributed by atoms with Gasteiger partial charge in [-0.1, -0.05) is 11.6 Å². The van der Waals surface area contributed by atoms with Crippen molar-refractivity contribution in [3.63, 3.8) is 0 Å². The van der Waals surface area contributed by atoms with Crippen LogP contribution >= 0.6 is 11.6 Å². The number of imidazole rings is 1. The normalized spacial score (nSPS) is 9.87. The van der Waals surface area contributed by atoms with E-state index in [2.05, 4.69) is 15.0 Å². The van der Waals surface area contributed by atoms with Crippen molar-refractivity contribution in [3.05, 3.63) is 35.4 Å². The Morgan fingerprint density at radius 2 is 2.40 bits per heavy atom. The van der Waals surface area contributed by atoms with E-state index in [0.29, 0.717) is 16.7 Å². The molecule has 0 amide bonds. The highest BCUT2D eigenvalue weighted by molar-refractivity contribution is 6.30. The van der Waals surface area contributed by atoms with Crippen molar-refractivity contribution in [1.29, 1.82) is 5.26 Å². The van der Waals surface area contributed by atoms with Gasteiger partial charge >= 0.3 is 0 Å². The second kappa shape index (κ2) is 4.11. The number of aromatic nitrogens is 3. The van der Waals surface area contributed by atoms with Gasteiger partial charge in [-0.2, -0.15) is 5.26 Å². The fourth-order valence-corrected chi connectivity index (χ4v) is 1.42. The number of nitrogens with zero attached hydrogens (tertiary/aromatic N) is 3. The fraction of sp³-hybridized carbons (Fsp3) is 0.100. The number of aromatic amines is 1. The first-order valence-corrected chi connectivity index (χ1v) is 4.71. The van der Waals surface area contributed by atoms with E-state index in [4.69, 9.17) is 16.9 Å². The van der Waals surface area contributed by atoms with Crippen molar-refractivity contribution in [3.8, 4) is 17.5 Å². The topological polar surface area (TPSA) is 65.4 Å². The predicted octanol–water partition coefficient (Wildman–Crippen LogP) is 2.19. The monoisotopic (exact) mass is 218 g/mol. The average molecular weight is 219 g/mol. The van der Waals surface area contributed by atoms with Crippen LogP contribution in [0.25, 0.3) is 11.4 Å². The van der Waals surface area contributed by atoms with Gasteiger partial charge in [0.1, 0.15) is 5.82 Å². The summed E-state index contributed by atoms with van der Waals surface area (Å²) in [7, 11) is 0. The van der Waals surface area contributed by atoms with Crippen molar-refractivity contribution in [1.82, 2.24) is 15.0 Å². The van der Waals surface area contributed by atoms with E-state index in [9.17, 15) is 0 Å². The predicted molar refractivity (Wildman–Crippen MR) is 56.1 cm³/mol. The van der Waals surface area contributed by atoms with Crippen LogP contribution in [-0.2, 0) is 6.42 Å². The van der Waals surface area contributed by atoms with Crippen molar-refractivity contribution >= 4 is 11.6 Å². The molecule has 0 saturated carbocycles. The Labute approximate surface area is 91.6 Å². The molecule has 1 N–H and O–H groups in total. The lowest BCUT2D eigenvalue weighted by molar-refractivity contribution is 1.15. The minimum Gasteiger partial charge on any atom is -0.340 e. The first kappa shape index (κ1) is 9.69. The number of H-pyrrole nitrogens is 1. The molecule has 0 atom stereocenters. The molecule has 0 aliphatic carbocycles. The van der Waals surface area contributed by atoms with Crippen LogP contribution < -0.4 is 0 Å². The Morgan fingerprint density at radius 1 is 1.53 bits per heavy atom. The van der Waals surface area contributed by atoms with Gasteiger partial charge in [-0.05, 0) is 12.1 Å². The van der Waals surface area contributed by atoms with Crippen LogP contribution in [0.1, 0.15) is 5.69 Å². The molecule has 0 bridgehead atoms.